The van der Waals surface area contributed by atoms with Gasteiger partial charge in [-0.05, 0) is 63.0 Å². The number of rotatable bonds is 7. The van der Waals surface area contributed by atoms with E-state index in [0.29, 0.717) is 43.6 Å². The van der Waals surface area contributed by atoms with Crippen LogP contribution in [-0.4, -0.2) is 71.5 Å². The predicted molar refractivity (Wildman–Crippen MR) is 134 cm³/mol. The van der Waals surface area contributed by atoms with E-state index >= 15 is 0 Å². The molecule has 1 N–H and O–H groups in total. The first-order valence-corrected chi connectivity index (χ1v) is 13.9. The van der Waals surface area contributed by atoms with Crippen molar-refractivity contribution in [3.8, 4) is 0 Å². The highest BCUT2D eigenvalue weighted by Gasteiger charge is 2.41. The summed E-state index contributed by atoms with van der Waals surface area (Å²) < 4.78 is 13.8. The Morgan fingerprint density at radius 2 is 1.81 bits per heavy atom. The monoisotopic (exact) mass is 496 g/mol. The third-order valence-corrected chi connectivity index (χ3v) is 9.13. The molecule has 0 aromatic heterocycles. The fraction of sp³-hybridized carbons (Fsp3) is 0.679. The molecule has 3 amide bonds. The molecule has 0 radical (unpaired) electrons. The van der Waals surface area contributed by atoms with Gasteiger partial charge < -0.3 is 9.80 Å². The van der Waals surface area contributed by atoms with E-state index in [0.717, 1.165) is 55.9 Å². The number of hydrogen-bond acceptors (Lipinski definition) is 5. The van der Waals surface area contributed by atoms with Gasteiger partial charge in [0.25, 0.3) is 5.91 Å². The molecule has 3 aliphatic heterocycles. The molecule has 5 aliphatic rings. The number of nitrogens with zero attached hydrogens (tertiary/aromatic N) is 3. The lowest BCUT2D eigenvalue weighted by atomic mass is 9.88. The summed E-state index contributed by atoms with van der Waals surface area (Å²) in [5.74, 6) is 0.0736. The molecule has 2 aliphatic carbocycles. The van der Waals surface area contributed by atoms with E-state index in [1.165, 1.54) is 19.3 Å². The summed E-state index contributed by atoms with van der Waals surface area (Å²) in [7, 11) is 0. The van der Waals surface area contributed by atoms with Crippen molar-refractivity contribution in [1.82, 2.24) is 15.1 Å². The number of imide groups is 1. The quantitative estimate of drug-likeness (QED) is 0.586. The van der Waals surface area contributed by atoms with Crippen LogP contribution in [0.4, 0.5) is 10.1 Å². The summed E-state index contributed by atoms with van der Waals surface area (Å²) in [4.78, 5) is 44.1. The SMILES string of the molecule is O=C1CCC(N2Cc3c(cccc3N(CCC3CC3)C3CCC(N4CCC(F)C4)CC3)C2=O)C(=O)N1. The van der Waals surface area contributed by atoms with E-state index in [1.807, 2.05) is 12.1 Å². The van der Waals surface area contributed by atoms with E-state index in [9.17, 15) is 18.8 Å². The summed E-state index contributed by atoms with van der Waals surface area (Å²) in [6.45, 7) is 2.87. The molecule has 1 aromatic rings. The number of amides is 3. The molecule has 1 aromatic carbocycles. The number of likely N-dealkylation sites (tertiary alicyclic amines) is 1. The summed E-state index contributed by atoms with van der Waals surface area (Å²) in [6.07, 6.45) is 8.78. The van der Waals surface area contributed by atoms with Crippen LogP contribution in [0.1, 0.15) is 80.1 Å². The number of carbonyl (C=O) groups is 3. The average Bonchev–Trinajstić information content (AvgIpc) is 3.51. The standard InChI is InChI=1S/C28H37FN4O3/c29-19-13-14-31(16-19)20-6-8-21(9-7-20)32(15-12-18-4-5-18)24-3-1-2-22-23(24)17-33(28(22)36)25-10-11-26(34)30-27(25)35/h1-3,18-21,25H,4-17H2,(H,30,34,35). The molecule has 36 heavy (non-hydrogen) atoms. The van der Waals surface area contributed by atoms with Crippen LogP contribution >= 0.6 is 0 Å². The zero-order valence-corrected chi connectivity index (χ0v) is 21.0. The largest absolute Gasteiger partial charge is 0.368 e. The lowest BCUT2D eigenvalue weighted by molar-refractivity contribution is -0.136. The minimum absolute atomic E-state index is 0.109. The normalized spacial score (nSPS) is 31.0. The lowest BCUT2D eigenvalue weighted by Gasteiger charge is -2.41. The molecule has 0 spiro atoms. The van der Waals surface area contributed by atoms with Gasteiger partial charge in [-0.2, -0.15) is 0 Å². The lowest BCUT2D eigenvalue weighted by Crippen LogP contribution is -2.52. The van der Waals surface area contributed by atoms with Crippen molar-refractivity contribution in [3.63, 3.8) is 0 Å². The van der Waals surface area contributed by atoms with Crippen LogP contribution in [0.3, 0.4) is 0 Å². The first-order valence-electron chi connectivity index (χ1n) is 13.9. The molecule has 7 nitrogen and oxygen atoms in total. The number of alkyl halides is 1. The molecule has 2 saturated carbocycles. The second kappa shape index (κ2) is 9.77. The Morgan fingerprint density at radius 3 is 2.50 bits per heavy atom. The highest BCUT2D eigenvalue weighted by molar-refractivity contribution is 6.06. The van der Waals surface area contributed by atoms with E-state index in [-0.39, 0.29) is 24.1 Å². The maximum Gasteiger partial charge on any atom is 0.255 e. The number of fused-ring (bicyclic) bond motifs is 1. The molecule has 4 fully saturated rings. The minimum atomic E-state index is -0.672. The Labute approximate surface area is 212 Å². The zero-order valence-electron chi connectivity index (χ0n) is 21.0. The average molecular weight is 497 g/mol. The molecule has 2 unspecified atom stereocenters. The van der Waals surface area contributed by atoms with Gasteiger partial charge in [-0.1, -0.05) is 18.9 Å². The fourth-order valence-corrected chi connectivity index (χ4v) is 6.88. The van der Waals surface area contributed by atoms with Gasteiger partial charge in [0.2, 0.25) is 11.8 Å². The molecule has 194 valence electrons. The van der Waals surface area contributed by atoms with Gasteiger partial charge in [0.1, 0.15) is 12.2 Å². The van der Waals surface area contributed by atoms with E-state index in [1.54, 1.807) is 4.90 Å². The van der Waals surface area contributed by atoms with Crippen molar-refractivity contribution in [2.45, 2.75) is 95.1 Å². The highest BCUT2D eigenvalue weighted by atomic mass is 19.1. The first-order chi connectivity index (χ1) is 17.5. The molecule has 3 heterocycles. The smallest absolute Gasteiger partial charge is 0.255 e. The first kappa shape index (κ1) is 23.9. The number of piperidine rings is 1. The molecule has 2 atom stereocenters. The van der Waals surface area contributed by atoms with Gasteiger partial charge in [0.05, 0.1) is 0 Å². The third-order valence-electron chi connectivity index (χ3n) is 9.13. The molecular formula is C28H37FN4O3. The summed E-state index contributed by atoms with van der Waals surface area (Å²) >= 11 is 0. The van der Waals surface area contributed by atoms with Crippen LogP contribution < -0.4 is 10.2 Å². The second-order valence-electron chi connectivity index (χ2n) is 11.5. The number of nitrogens with one attached hydrogen (secondary N) is 1. The topological polar surface area (TPSA) is 73.0 Å². The highest BCUT2D eigenvalue weighted by Crippen LogP contribution is 2.40. The number of hydrogen-bond donors (Lipinski definition) is 1. The third kappa shape index (κ3) is 4.64. The minimum Gasteiger partial charge on any atom is -0.368 e. The molecule has 6 rings (SSSR count). The van der Waals surface area contributed by atoms with E-state index in [4.69, 9.17) is 0 Å². The maximum atomic E-state index is 13.8. The van der Waals surface area contributed by atoms with Gasteiger partial charge >= 0.3 is 0 Å². The fourth-order valence-electron chi connectivity index (χ4n) is 6.88. The molecule has 2 saturated heterocycles. The van der Waals surface area contributed by atoms with Crippen LogP contribution in [0.25, 0.3) is 0 Å². The van der Waals surface area contributed by atoms with Crippen molar-refractivity contribution in [2.75, 3.05) is 24.5 Å². The Bertz CT molecular complexity index is 1040. The van der Waals surface area contributed by atoms with Crippen molar-refractivity contribution in [2.24, 2.45) is 5.92 Å². The maximum absolute atomic E-state index is 13.8. The summed E-state index contributed by atoms with van der Waals surface area (Å²) in [5, 5.41) is 2.40. The molecule has 8 heteroatoms. The summed E-state index contributed by atoms with van der Waals surface area (Å²) in [5.41, 5.74) is 2.84. The number of carbonyl (C=O) groups excluding carboxylic acids is 3. The van der Waals surface area contributed by atoms with Crippen molar-refractivity contribution < 1.29 is 18.8 Å². The molecule has 0 bridgehead atoms. The van der Waals surface area contributed by atoms with Crippen molar-refractivity contribution in [1.29, 1.82) is 0 Å². The van der Waals surface area contributed by atoms with Gasteiger partial charge in [0, 0.05) is 61.5 Å². The number of anilines is 1. The Hall–Kier alpha value is -2.48. The Morgan fingerprint density at radius 1 is 1.00 bits per heavy atom. The van der Waals surface area contributed by atoms with Gasteiger partial charge in [-0.25, -0.2) is 4.39 Å². The number of halogens is 1. The Kier molecular flexibility index (Phi) is 6.48. The predicted octanol–water partition coefficient (Wildman–Crippen LogP) is 3.41. The van der Waals surface area contributed by atoms with Gasteiger partial charge in [0.15, 0.2) is 0 Å². The van der Waals surface area contributed by atoms with Crippen LogP contribution in [0, 0.1) is 5.92 Å². The second-order valence-corrected chi connectivity index (χ2v) is 11.5. The van der Waals surface area contributed by atoms with Crippen LogP contribution in [0.2, 0.25) is 0 Å². The van der Waals surface area contributed by atoms with Crippen LogP contribution in [-0.2, 0) is 16.1 Å². The Balaban J connectivity index is 1.21. The van der Waals surface area contributed by atoms with Crippen molar-refractivity contribution in [3.05, 3.63) is 29.3 Å². The zero-order chi connectivity index (χ0) is 24.8. The summed E-state index contributed by atoms with van der Waals surface area (Å²) in [6, 6.07) is 6.30. The van der Waals surface area contributed by atoms with Crippen LogP contribution in [0.15, 0.2) is 18.2 Å². The van der Waals surface area contributed by atoms with Gasteiger partial charge in [-0.3, -0.25) is 24.6 Å². The van der Waals surface area contributed by atoms with Gasteiger partial charge in [-0.15, -0.1) is 0 Å². The number of benzene rings is 1. The van der Waals surface area contributed by atoms with Crippen LogP contribution in [0.5, 0.6) is 0 Å². The van der Waals surface area contributed by atoms with E-state index < -0.39 is 12.2 Å². The van der Waals surface area contributed by atoms with E-state index in [2.05, 4.69) is 21.2 Å². The molecular weight excluding hydrogens is 459 g/mol. The van der Waals surface area contributed by atoms with Crippen molar-refractivity contribution >= 4 is 23.4 Å².